The smallest absolute Gasteiger partial charge is 0.283 e. The molecule has 5 heteroatoms. The van der Waals surface area contributed by atoms with Crippen molar-refractivity contribution < 1.29 is 8.42 Å². The third-order valence-corrected chi connectivity index (χ3v) is 4.44. The molecule has 1 saturated heterocycles. The largest absolute Gasteiger partial charge is 0.360 e. The minimum Gasteiger partial charge on any atom is -0.360 e. The van der Waals surface area contributed by atoms with Crippen LogP contribution in [0.15, 0.2) is 33.6 Å². The summed E-state index contributed by atoms with van der Waals surface area (Å²) in [4.78, 5) is 2.29. The van der Waals surface area contributed by atoms with Crippen LogP contribution in [0.25, 0.3) is 0 Å². The Labute approximate surface area is 108 Å². The number of rotatable bonds is 3. The third kappa shape index (κ3) is 2.72. The molecule has 0 N–H and O–H groups in total. The SMILES string of the molecule is CCN1CCCC1=NS(=O)(=O)c1ccc(C)cc1. The molecule has 0 bridgehead atoms. The maximum atomic E-state index is 12.1. The Kier molecular flexibility index (Phi) is 3.71. The fraction of sp³-hybridized carbons (Fsp3) is 0.462. The number of amidine groups is 1. The van der Waals surface area contributed by atoms with Gasteiger partial charge in [0.1, 0.15) is 5.84 Å². The monoisotopic (exact) mass is 266 g/mol. The van der Waals surface area contributed by atoms with E-state index < -0.39 is 10.0 Å². The van der Waals surface area contributed by atoms with Crippen LogP contribution in [0.3, 0.4) is 0 Å². The van der Waals surface area contributed by atoms with E-state index in [0.717, 1.165) is 31.5 Å². The molecule has 0 aromatic heterocycles. The first-order valence-electron chi connectivity index (χ1n) is 6.18. The van der Waals surface area contributed by atoms with E-state index in [0.29, 0.717) is 5.84 Å². The molecule has 0 amide bonds. The number of sulfonamides is 1. The molecule has 0 unspecified atom stereocenters. The van der Waals surface area contributed by atoms with Crippen LogP contribution >= 0.6 is 0 Å². The second kappa shape index (κ2) is 5.10. The van der Waals surface area contributed by atoms with Gasteiger partial charge in [0.05, 0.1) is 4.90 Å². The van der Waals surface area contributed by atoms with Crippen molar-refractivity contribution in [1.82, 2.24) is 4.90 Å². The van der Waals surface area contributed by atoms with Crippen molar-refractivity contribution >= 4 is 15.9 Å². The molecule has 1 fully saturated rings. The van der Waals surface area contributed by atoms with Crippen molar-refractivity contribution in [2.45, 2.75) is 31.6 Å². The second-order valence-corrected chi connectivity index (χ2v) is 6.08. The molecule has 0 aliphatic carbocycles. The van der Waals surface area contributed by atoms with Crippen LogP contribution in [0.2, 0.25) is 0 Å². The Bertz CT molecular complexity index is 547. The van der Waals surface area contributed by atoms with E-state index in [4.69, 9.17) is 0 Å². The molecule has 0 radical (unpaired) electrons. The first-order chi connectivity index (χ1) is 8.53. The summed E-state index contributed by atoms with van der Waals surface area (Å²) >= 11 is 0. The normalized spacial score (nSPS) is 18.6. The molecule has 98 valence electrons. The molecule has 1 aliphatic rings. The Morgan fingerprint density at radius 1 is 1.28 bits per heavy atom. The lowest BCUT2D eigenvalue weighted by atomic mass is 10.2. The first-order valence-corrected chi connectivity index (χ1v) is 7.62. The van der Waals surface area contributed by atoms with Gasteiger partial charge in [0.2, 0.25) is 0 Å². The van der Waals surface area contributed by atoms with E-state index in [9.17, 15) is 8.42 Å². The van der Waals surface area contributed by atoms with Gasteiger partial charge in [0.15, 0.2) is 0 Å². The maximum Gasteiger partial charge on any atom is 0.283 e. The van der Waals surface area contributed by atoms with Crippen LogP contribution in [0.4, 0.5) is 0 Å². The van der Waals surface area contributed by atoms with E-state index in [1.54, 1.807) is 24.3 Å². The molecule has 1 aromatic rings. The van der Waals surface area contributed by atoms with Crippen LogP contribution in [-0.4, -0.2) is 32.2 Å². The third-order valence-electron chi connectivity index (χ3n) is 3.12. The van der Waals surface area contributed by atoms with E-state index in [1.165, 1.54) is 0 Å². The van der Waals surface area contributed by atoms with Gasteiger partial charge in [0.25, 0.3) is 10.0 Å². The zero-order valence-corrected chi connectivity index (χ0v) is 11.6. The summed E-state index contributed by atoms with van der Waals surface area (Å²) in [5.41, 5.74) is 1.04. The average molecular weight is 266 g/mol. The highest BCUT2D eigenvalue weighted by molar-refractivity contribution is 7.90. The van der Waals surface area contributed by atoms with Gasteiger partial charge in [-0.1, -0.05) is 17.7 Å². The topological polar surface area (TPSA) is 49.7 Å². The lowest BCUT2D eigenvalue weighted by molar-refractivity contribution is 0.479. The molecule has 18 heavy (non-hydrogen) atoms. The molecule has 2 rings (SSSR count). The number of aryl methyl sites for hydroxylation is 1. The number of likely N-dealkylation sites (tertiary alicyclic amines) is 1. The lowest BCUT2D eigenvalue weighted by Gasteiger charge is -2.15. The molecule has 4 nitrogen and oxygen atoms in total. The van der Waals surface area contributed by atoms with Crippen LogP contribution in [0.5, 0.6) is 0 Å². The van der Waals surface area contributed by atoms with E-state index in [-0.39, 0.29) is 4.90 Å². The zero-order chi connectivity index (χ0) is 13.2. The fourth-order valence-electron chi connectivity index (χ4n) is 2.06. The lowest BCUT2D eigenvalue weighted by Crippen LogP contribution is -2.25. The second-order valence-electron chi connectivity index (χ2n) is 4.48. The quantitative estimate of drug-likeness (QED) is 0.842. The number of hydrogen-bond acceptors (Lipinski definition) is 2. The van der Waals surface area contributed by atoms with Crippen molar-refractivity contribution in [3.63, 3.8) is 0 Å². The van der Waals surface area contributed by atoms with E-state index in [2.05, 4.69) is 4.40 Å². The molecule has 1 heterocycles. The maximum absolute atomic E-state index is 12.1. The Hall–Kier alpha value is -1.36. The number of nitrogens with zero attached hydrogens (tertiary/aromatic N) is 2. The first kappa shape index (κ1) is 13.1. The summed E-state index contributed by atoms with van der Waals surface area (Å²) in [6.07, 6.45) is 1.73. The molecule has 0 saturated carbocycles. The summed E-state index contributed by atoms with van der Waals surface area (Å²) in [5, 5.41) is 0. The van der Waals surface area contributed by atoms with Crippen molar-refractivity contribution in [3.05, 3.63) is 29.8 Å². The van der Waals surface area contributed by atoms with Gasteiger partial charge < -0.3 is 4.90 Å². The van der Waals surface area contributed by atoms with Gasteiger partial charge in [-0.15, -0.1) is 4.40 Å². The zero-order valence-electron chi connectivity index (χ0n) is 10.8. The highest BCUT2D eigenvalue weighted by Gasteiger charge is 2.21. The molecule has 0 spiro atoms. The predicted molar refractivity (Wildman–Crippen MR) is 72.3 cm³/mol. The molecule has 0 atom stereocenters. The van der Waals surface area contributed by atoms with Crippen molar-refractivity contribution in [1.29, 1.82) is 0 Å². The predicted octanol–water partition coefficient (Wildman–Crippen LogP) is 2.20. The van der Waals surface area contributed by atoms with Gasteiger partial charge in [-0.05, 0) is 32.4 Å². The fourth-order valence-corrected chi connectivity index (χ4v) is 3.13. The van der Waals surface area contributed by atoms with Gasteiger partial charge in [-0.2, -0.15) is 8.42 Å². The highest BCUT2D eigenvalue weighted by atomic mass is 32.2. The van der Waals surface area contributed by atoms with Gasteiger partial charge in [0, 0.05) is 19.5 Å². The molecule has 1 aromatic carbocycles. The summed E-state index contributed by atoms with van der Waals surface area (Å²) < 4.78 is 28.3. The van der Waals surface area contributed by atoms with Gasteiger partial charge >= 0.3 is 0 Å². The Morgan fingerprint density at radius 3 is 2.56 bits per heavy atom. The minimum atomic E-state index is -3.56. The highest BCUT2D eigenvalue weighted by Crippen LogP contribution is 2.18. The van der Waals surface area contributed by atoms with E-state index in [1.807, 2.05) is 18.7 Å². The Balaban J connectivity index is 2.32. The average Bonchev–Trinajstić information content (AvgIpc) is 2.76. The van der Waals surface area contributed by atoms with Gasteiger partial charge in [-0.3, -0.25) is 0 Å². The van der Waals surface area contributed by atoms with Crippen LogP contribution in [0, 0.1) is 6.92 Å². The number of hydrogen-bond donors (Lipinski definition) is 0. The standard InChI is InChI=1S/C13H18N2O2S/c1-3-15-10-4-5-13(15)14-18(16,17)12-8-6-11(2)7-9-12/h6-9H,3-5,10H2,1-2H3. The number of benzene rings is 1. The molecular weight excluding hydrogens is 248 g/mol. The summed E-state index contributed by atoms with van der Waals surface area (Å²) in [7, 11) is -3.56. The van der Waals surface area contributed by atoms with Crippen LogP contribution in [0.1, 0.15) is 25.3 Å². The molecular formula is C13H18N2O2S. The van der Waals surface area contributed by atoms with Crippen molar-refractivity contribution in [2.24, 2.45) is 4.40 Å². The van der Waals surface area contributed by atoms with Crippen molar-refractivity contribution in [2.75, 3.05) is 13.1 Å². The van der Waals surface area contributed by atoms with Gasteiger partial charge in [-0.25, -0.2) is 0 Å². The van der Waals surface area contributed by atoms with Crippen molar-refractivity contribution in [3.8, 4) is 0 Å². The summed E-state index contributed by atoms with van der Waals surface area (Å²) in [5.74, 6) is 0.693. The van der Waals surface area contributed by atoms with Crippen LogP contribution in [-0.2, 0) is 10.0 Å². The van der Waals surface area contributed by atoms with Crippen LogP contribution < -0.4 is 0 Å². The summed E-state index contributed by atoms with van der Waals surface area (Å²) in [6, 6.07) is 6.80. The molecule has 1 aliphatic heterocycles. The van der Waals surface area contributed by atoms with E-state index >= 15 is 0 Å². The Morgan fingerprint density at radius 2 is 1.94 bits per heavy atom. The summed E-state index contributed by atoms with van der Waals surface area (Å²) in [6.45, 7) is 5.65. The minimum absolute atomic E-state index is 0.267.